The number of hydrogen-bond acceptors (Lipinski definition) is 5. The van der Waals surface area contributed by atoms with Crippen LogP contribution in [0.15, 0.2) is 134 Å². The standard InChI is InChI=1S/C81H143N2O6P/c1-6-8-10-12-14-16-18-20-22-24-26-28-30-32-34-36-38-39-40-41-42-43-45-47-49-51-53-55-57-59-61-63-65-67-69-71-73-75-81(85)82-79(78-89-90(86,87)88-77-76-83(3,4)5)80(84)74-72-70-68-66-64-62-60-58-56-54-52-50-48-46-44-37-35-33-31-29-27-25-23-21-19-17-15-13-11-9-7-2/h8,10,14,16,20,22,26,28,32,34,38-39,41-42,45,47,51,53,57,59,72,74,79-80,84H,6-7,9,11-13,15,17-19,21,23-25,27,29-31,33,35-37,40,43-44,46,48-50,52,54-56,58,60-71,73,75-78H2,1-5H3,(H-,82,85,86,87)/p+1/b10-8-,16-14-,22-20-,28-26-,34-32-,39-38-,42-41-,47-45-,53-51-,59-57-,74-72+. The minimum absolute atomic E-state index is 0.0521. The van der Waals surface area contributed by atoms with Crippen LogP contribution in [-0.2, 0) is 18.4 Å². The fourth-order valence-electron chi connectivity index (χ4n) is 10.6. The lowest BCUT2D eigenvalue weighted by atomic mass is 10.0. The van der Waals surface area contributed by atoms with E-state index in [9.17, 15) is 19.4 Å². The summed E-state index contributed by atoms with van der Waals surface area (Å²) in [6.07, 6.45) is 106. The molecule has 3 unspecified atom stereocenters. The lowest BCUT2D eigenvalue weighted by molar-refractivity contribution is -0.870. The van der Waals surface area contributed by atoms with Crippen molar-refractivity contribution in [1.82, 2.24) is 5.32 Å². The fraction of sp³-hybridized carbons (Fsp3) is 0.716. The van der Waals surface area contributed by atoms with E-state index in [0.717, 1.165) is 122 Å². The predicted molar refractivity (Wildman–Crippen MR) is 396 cm³/mol. The number of phosphoric ester groups is 1. The highest BCUT2D eigenvalue weighted by atomic mass is 31.2. The van der Waals surface area contributed by atoms with Gasteiger partial charge in [-0.05, 0) is 96.3 Å². The number of nitrogens with one attached hydrogen (secondary N) is 1. The zero-order valence-electron chi connectivity index (χ0n) is 59.3. The Labute approximate surface area is 557 Å². The highest BCUT2D eigenvalue weighted by Gasteiger charge is 2.28. The summed E-state index contributed by atoms with van der Waals surface area (Å²) in [5, 5.41) is 14.0. The van der Waals surface area contributed by atoms with Gasteiger partial charge in [-0.1, -0.05) is 353 Å². The summed E-state index contributed by atoms with van der Waals surface area (Å²) < 4.78 is 23.8. The third-order valence-electron chi connectivity index (χ3n) is 16.4. The molecule has 0 bridgehead atoms. The number of nitrogens with zero attached hydrogens (tertiary/aromatic N) is 1. The number of rotatable bonds is 68. The predicted octanol–water partition coefficient (Wildman–Crippen LogP) is 24.6. The van der Waals surface area contributed by atoms with Gasteiger partial charge in [0.2, 0.25) is 5.91 Å². The van der Waals surface area contributed by atoms with E-state index in [1.54, 1.807) is 6.08 Å². The molecule has 8 nitrogen and oxygen atoms in total. The first kappa shape index (κ1) is 86.6. The van der Waals surface area contributed by atoms with Crippen molar-refractivity contribution in [3.8, 4) is 0 Å². The van der Waals surface area contributed by atoms with Gasteiger partial charge >= 0.3 is 7.82 Å². The van der Waals surface area contributed by atoms with Gasteiger partial charge in [0.15, 0.2) is 0 Å². The molecule has 0 spiro atoms. The molecular weight excluding hydrogens is 1130 g/mol. The summed E-state index contributed by atoms with van der Waals surface area (Å²) in [4.78, 5) is 23.5. The van der Waals surface area contributed by atoms with Crippen LogP contribution in [0.3, 0.4) is 0 Å². The van der Waals surface area contributed by atoms with Gasteiger partial charge in [0.1, 0.15) is 13.2 Å². The SMILES string of the molecule is CC/C=C\C/C=C\C/C=C\C/C=C\C/C=C\C/C=C\C/C=C\C/C=C\C/C=C\C/C=C\CCCCCCCCC(=O)NC(COP(=O)(O)OCC[N+](C)(C)C)C(O)/C=C/CCCCCCCCCCCCCCCCCCCCCCCCCCCCCCC. The van der Waals surface area contributed by atoms with E-state index in [-0.39, 0.29) is 19.1 Å². The fourth-order valence-corrected chi connectivity index (χ4v) is 11.3. The van der Waals surface area contributed by atoms with E-state index in [2.05, 4.69) is 141 Å². The molecule has 0 aliphatic carbocycles. The van der Waals surface area contributed by atoms with Crippen molar-refractivity contribution < 1.29 is 32.9 Å². The lowest BCUT2D eigenvalue weighted by Crippen LogP contribution is -2.45. The molecule has 0 aromatic carbocycles. The van der Waals surface area contributed by atoms with E-state index >= 15 is 0 Å². The highest BCUT2D eigenvalue weighted by molar-refractivity contribution is 7.47. The molecule has 0 saturated heterocycles. The van der Waals surface area contributed by atoms with Crippen LogP contribution in [0.4, 0.5) is 0 Å². The Hall–Kier alpha value is -3.36. The van der Waals surface area contributed by atoms with Crippen molar-refractivity contribution in [2.45, 2.75) is 334 Å². The number of phosphoric acid groups is 1. The van der Waals surface area contributed by atoms with Gasteiger partial charge in [-0.15, -0.1) is 0 Å². The van der Waals surface area contributed by atoms with Crippen molar-refractivity contribution in [1.29, 1.82) is 0 Å². The normalized spacial score (nSPS) is 14.3. The highest BCUT2D eigenvalue weighted by Crippen LogP contribution is 2.43. The molecule has 0 radical (unpaired) electrons. The number of likely N-dealkylation sites (N-methyl/N-ethyl adjacent to an activating group) is 1. The second-order valence-corrected chi connectivity index (χ2v) is 27.7. The van der Waals surface area contributed by atoms with Crippen LogP contribution in [0, 0.1) is 0 Å². The Bertz CT molecular complexity index is 1930. The Morgan fingerprint density at radius 3 is 0.978 bits per heavy atom. The largest absolute Gasteiger partial charge is 0.472 e. The summed E-state index contributed by atoms with van der Waals surface area (Å²) in [7, 11) is 1.55. The number of carbonyl (C=O) groups excluding carboxylic acids is 1. The van der Waals surface area contributed by atoms with Crippen LogP contribution in [0.5, 0.6) is 0 Å². The third kappa shape index (κ3) is 72.1. The van der Waals surface area contributed by atoms with Crippen molar-refractivity contribution in [2.75, 3.05) is 40.9 Å². The van der Waals surface area contributed by atoms with Crippen LogP contribution < -0.4 is 5.32 Å². The molecule has 9 heteroatoms. The molecule has 3 N–H and O–H groups in total. The van der Waals surface area contributed by atoms with Gasteiger partial charge in [0.25, 0.3) is 0 Å². The van der Waals surface area contributed by atoms with Crippen molar-refractivity contribution in [3.63, 3.8) is 0 Å². The number of aliphatic hydroxyl groups is 1. The molecule has 1 amide bonds. The molecule has 0 rings (SSSR count). The number of quaternary nitrogens is 1. The zero-order chi connectivity index (χ0) is 65.5. The molecule has 0 aromatic rings. The smallest absolute Gasteiger partial charge is 0.387 e. The van der Waals surface area contributed by atoms with Gasteiger partial charge in [0.05, 0.1) is 39.9 Å². The van der Waals surface area contributed by atoms with Crippen LogP contribution in [-0.4, -0.2) is 73.4 Å². The number of allylic oxidation sites excluding steroid dienone is 21. The van der Waals surface area contributed by atoms with Crippen molar-refractivity contribution in [2.24, 2.45) is 0 Å². The average Bonchev–Trinajstić information content (AvgIpc) is 3.18. The Morgan fingerprint density at radius 2 is 0.667 bits per heavy atom. The molecule has 0 aliphatic heterocycles. The number of unbranched alkanes of at least 4 members (excludes halogenated alkanes) is 35. The molecule has 3 atom stereocenters. The maximum absolute atomic E-state index is 13.1. The monoisotopic (exact) mass is 1270 g/mol. The van der Waals surface area contributed by atoms with Gasteiger partial charge in [-0.2, -0.15) is 0 Å². The molecule has 0 saturated carbocycles. The first-order valence-corrected chi connectivity index (χ1v) is 39.1. The summed E-state index contributed by atoms with van der Waals surface area (Å²) in [6.45, 7) is 4.71. The topological polar surface area (TPSA) is 105 Å². The van der Waals surface area contributed by atoms with Crippen LogP contribution in [0.1, 0.15) is 322 Å². The van der Waals surface area contributed by atoms with E-state index in [4.69, 9.17) is 9.05 Å². The van der Waals surface area contributed by atoms with Gasteiger partial charge in [-0.25, -0.2) is 4.57 Å². The minimum Gasteiger partial charge on any atom is -0.387 e. The first-order chi connectivity index (χ1) is 44.0. The maximum atomic E-state index is 13.1. The number of carbonyl (C=O) groups is 1. The van der Waals surface area contributed by atoms with Crippen LogP contribution in [0.25, 0.3) is 0 Å². The van der Waals surface area contributed by atoms with Gasteiger partial charge in [0, 0.05) is 6.42 Å². The van der Waals surface area contributed by atoms with E-state index in [0.29, 0.717) is 17.4 Å². The molecule has 0 aromatic heterocycles. The zero-order valence-corrected chi connectivity index (χ0v) is 60.2. The second-order valence-electron chi connectivity index (χ2n) is 26.3. The molecule has 90 heavy (non-hydrogen) atoms. The number of amides is 1. The number of hydrogen-bond donors (Lipinski definition) is 3. The Kier molecular flexibility index (Phi) is 67.4. The van der Waals surface area contributed by atoms with Crippen LogP contribution >= 0.6 is 7.82 Å². The van der Waals surface area contributed by atoms with E-state index < -0.39 is 20.0 Å². The summed E-state index contributed by atoms with van der Waals surface area (Å²) >= 11 is 0. The molecule has 0 heterocycles. The summed E-state index contributed by atoms with van der Waals surface area (Å²) in [5.41, 5.74) is 0. The quantitative estimate of drug-likeness (QED) is 0.0243. The van der Waals surface area contributed by atoms with Crippen molar-refractivity contribution >= 4 is 13.7 Å². The Balaban J connectivity index is 4.14. The van der Waals surface area contributed by atoms with Crippen molar-refractivity contribution in [3.05, 3.63) is 134 Å². The van der Waals surface area contributed by atoms with E-state index in [1.807, 2.05) is 27.2 Å². The second kappa shape index (κ2) is 70.0. The average molecular weight is 1270 g/mol. The lowest BCUT2D eigenvalue weighted by Gasteiger charge is -2.25. The first-order valence-electron chi connectivity index (χ1n) is 37.6. The van der Waals surface area contributed by atoms with E-state index in [1.165, 1.54) is 180 Å². The summed E-state index contributed by atoms with van der Waals surface area (Å²) in [5.74, 6) is -0.193. The van der Waals surface area contributed by atoms with Gasteiger partial charge in [-0.3, -0.25) is 13.8 Å². The number of aliphatic hydroxyl groups excluding tert-OH is 1. The molecule has 518 valence electrons. The summed E-state index contributed by atoms with van der Waals surface area (Å²) in [6, 6.07) is -0.867. The minimum atomic E-state index is -4.37. The Morgan fingerprint density at radius 1 is 0.389 bits per heavy atom. The molecular formula is C81H144N2O6P+. The third-order valence-corrected chi connectivity index (χ3v) is 17.4. The van der Waals surface area contributed by atoms with Gasteiger partial charge < -0.3 is 19.8 Å². The maximum Gasteiger partial charge on any atom is 0.472 e. The molecule has 0 fully saturated rings. The van der Waals surface area contributed by atoms with Crippen LogP contribution in [0.2, 0.25) is 0 Å². The molecule has 0 aliphatic rings.